The number of nitrogens with zero attached hydrogens (tertiary/aromatic N) is 1. The molecule has 2 aromatic rings. The van der Waals surface area contributed by atoms with Gasteiger partial charge in [-0.2, -0.15) is 0 Å². The summed E-state index contributed by atoms with van der Waals surface area (Å²) in [5.41, 5.74) is 2.13. The summed E-state index contributed by atoms with van der Waals surface area (Å²) in [6.07, 6.45) is 0. The summed E-state index contributed by atoms with van der Waals surface area (Å²) in [5.74, 6) is -0.475. The highest BCUT2D eigenvalue weighted by molar-refractivity contribution is 7.69. The molecular formula is C21H26NO3P. The van der Waals surface area contributed by atoms with Crippen LogP contribution in [0.25, 0.3) is 0 Å². The van der Waals surface area contributed by atoms with Crippen molar-refractivity contribution in [2.45, 2.75) is 44.7 Å². The molecule has 0 fully saturated rings. The van der Waals surface area contributed by atoms with E-state index in [1.54, 1.807) is 7.11 Å². The summed E-state index contributed by atoms with van der Waals surface area (Å²) in [5, 5.41) is 11.2. The standard InChI is InChI=1S/C21H26NO3P/c1-14(15-10-12-16(25-5)13-11-15)22-17-8-6-7-9-18(17)26(21(2,3)4)19(22)20(23)24/h6-14,19H,1-5H3,(H,23,24)/t14-,19-,26?/m0/s1. The molecule has 0 saturated heterocycles. The number of carboxylic acid groups (broad SMARTS) is 1. The van der Waals surface area contributed by atoms with Gasteiger partial charge in [0, 0.05) is 11.0 Å². The van der Waals surface area contributed by atoms with Gasteiger partial charge in [-0.25, -0.2) is 4.79 Å². The van der Waals surface area contributed by atoms with Gasteiger partial charge in [-0.15, -0.1) is 0 Å². The van der Waals surface area contributed by atoms with Crippen LogP contribution in [0.15, 0.2) is 48.5 Å². The molecule has 138 valence electrons. The first-order valence-electron chi connectivity index (χ1n) is 8.79. The van der Waals surface area contributed by atoms with E-state index in [9.17, 15) is 9.90 Å². The predicted octanol–water partition coefficient (Wildman–Crippen LogP) is 4.59. The zero-order chi connectivity index (χ0) is 19.1. The van der Waals surface area contributed by atoms with E-state index in [-0.39, 0.29) is 11.2 Å². The van der Waals surface area contributed by atoms with E-state index in [0.29, 0.717) is 0 Å². The van der Waals surface area contributed by atoms with Gasteiger partial charge in [0.15, 0.2) is 5.78 Å². The molecule has 1 aliphatic heterocycles. The van der Waals surface area contributed by atoms with Crippen molar-refractivity contribution < 1.29 is 14.6 Å². The smallest absolute Gasteiger partial charge is 0.331 e. The number of para-hydroxylation sites is 1. The van der Waals surface area contributed by atoms with E-state index >= 15 is 0 Å². The highest BCUT2D eigenvalue weighted by Crippen LogP contribution is 2.61. The number of aliphatic carboxylic acids is 1. The Balaban J connectivity index is 2.10. The number of methoxy groups -OCH3 is 1. The van der Waals surface area contributed by atoms with Crippen LogP contribution in [-0.4, -0.2) is 29.1 Å². The summed E-state index contributed by atoms with van der Waals surface area (Å²) in [6.45, 7) is 8.52. The molecule has 1 heterocycles. The molecule has 5 heteroatoms. The number of hydrogen-bond acceptors (Lipinski definition) is 3. The lowest BCUT2D eigenvalue weighted by Crippen LogP contribution is -2.40. The monoisotopic (exact) mass is 371 g/mol. The van der Waals surface area contributed by atoms with Crippen LogP contribution in [0.4, 0.5) is 5.69 Å². The Morgan fingerprint density at radius 1 is 1.15 bits per heavy atom. The van der Waals surface area contributed by atoms with Gasteiger partial charge in [-0.05, 0) is 43.8 Å². The van der Waals surface area contributed by atoms with E-state index in [2.05, 4.69) is 44.7 Å². The Bertz CT molecular complexity index is 798. The van der Waals surface area contributed by atoms with Crippen LogP contribution in [0.3, 0.4) is 0 Å². The Labute approximate surface area is 156 Å². The highest BCUT2D eigenvalue weighted by atomic mass is 31.1. The second kappa shape index (κ2) is 6.92. The fourth-order valence-corrected chi connectivity index (χ4v) is 6.89. The van der Waals surface area contributed by atoms with Crippen molar-refractivity contribution in [3.8, 4) is 5.75 Å². The van der Waals surface area contributed by atoms with Gasteiger partial charge in [0.25, 0.3) is 0 Å². The van der Waals surface area contributed by atoms with Crippen molar-refractivity contribution in [1.82, 2.24) is 0 Å². The lowest BCUT2D eigenvalue weighted by Gasteiger charge is -2.37. The summed E-state index contributed by atoms with van der Waals surface area (Å²) >= 11 is 0. The maximum atomic E-state index is 12.3. The van der Waals surface area contributed by atoms with Crippen LogP contribution in [0.1, 0.15) is 39.3 Å². The van der Waals surface area contributed by atoms with Crippen molar-refractivity contribution in [3.05, 3.63) is 54.1 Å². The van der Waals surface area contributed by atoms with Crippen molar-refractivity contribution in [1.29, 1.82) is 0 Å². The Kier molecular flexibility index (Phi) is 4.98. The number of anilines is 1. The first-order chi connectivity index (χ1) is 12.3. The van der Waals surface area contributed by atoms with Gasteiger partial charge in [0.05, 0.1) is 13.2 Å². The van der Waals surface area contributed by atoms with Crippen LogP contribution in [0.5, 0.6) is 5.75 Å². The molecule has 0 radical (unpaired) electrons. The maximum absolute atomic E-state index is 12.3. The number of hydrogen-bond donors (Lipinski definition) is 1. The summed E-state index contributed by atoms with van der Waals surface area (Å²) in [7, 11) is 0.770. The quantitative estimate of drug-likeness (QED) is 0.799. The largest absolute Gasteiger partial charge is 0.497 e. The maximum Gasteiger partial charge on any atom is 0.331 e. The molecule has 0 aromatic heterocycles. The molecule has 0 bridgehead atoms. The Morgan fingerprint density at radius 2 is 1.77 bits per heavy atom. The Hall–Kier alpha value is -2.06. The number of carbonyl (C=O) groups is 1. The van der Waals surface area contributed by atoms with Gasteiger partial charge in [-0.3, -0.25) is 0 Å². The SMILES string of the molecule is COc1ccc([C@H](C)N2c3ccccc3P(C(C)(C)C)[C@H]2C(=O)O)cc1. The summed E-state index contributed by atoms with van der Waals surface area (Å²) < 4.78 is 5.25. The van der Waals surface area contributed by atoms with Crippen LogP contribution in [0.2, 0.25) is 0 Å². The molecule has 26 heavy (non-hydrogen) atoms. The van der Waals surface area contributed by atoms with Gasteiger partial charge >= 0.3 is 5.97 Å². The molecular weight excluding hydrogens is 345 g/mol. The molecule has 1 unspecified atom stereocenters. The number of ether oxygens (including phenoxy) is 1. The molecule has 2 aromatic carbocycles. The first-order valence-corrected chi connectivity index (χ1v) is 10.2. The third-order valence-corrected chi connectivity index (χ3v) is 8.19. The second-order valence-corrected chi connectivity index (χ2v) is 10.7. The minimum absolute atomic E-state index is 0.0435. The molecule has 1 aliphatic rings. The molecule has 4 nitrogen and oxygen atoms in total. The van der Waals surface area contributed by atoms with Gasteiger partial charge in [0.2, 0.25) is 0 Å². The number of fused-ring (bicyclic) bond motifs is 1. The molecule has 3 rings (SSSR count). The Morgan fingerprint density at radius 3 is 2.31 bits per heavy atom. The summed E-state index contributed by atoms with van der Waals surface area (Å²) in [6, 6.07) is 16.0. The minimum Gasteiger partial charge on any atom is -0.497 e. The fraction of sp³-hybridized carbons (Fsp3) is 0.381. The van der Waals surface area contributed by atoms with Crippen molar-refractivity contribution in [2.75, 3.05) is 12.0 Å². The van der Waals surface area contributed by atoms with E-state index in [1.807, 2.05) is 36.4 Å². The van der Waals surface area contributed by atoms with Crippen LogP contribution in [0, 0.1) is 0 Å². The lowest BCUT2D eigenvalue weighted by molar-refractivity contribution is -0.136. The fourth-order valence-electron chi connectivity index (χ4n) is 3.70. The van der Waals surface area contributed by atoms with Crippen LogP contribution >= 0.6 is 7.92 Å². The van der Waals surface area contributed by atoms with Crippen molar-refractivity contribution >= 4 is 24.9 Å². The number of carboxylic acids is 1. The van der Waals surface area contributed by atoms with Crippen molar-refractivity contribution in [3.63, 3.8) is 0 Å². The van der Waals surface area contributed by atoms with Gasteiger partial charge in [-0.1, -0.05) is 51.1 Å². The zero-order valence-corrected chi connectivity index (χ0v) is 16.8. The average Bonchev–Trinajstić information content (AvgIpc) is 2.97. The first kappa shape index (κ1) is 18.7. The molecule has 3 atom stereocenters. The minimum atomic E-state index is -0.875. The number of rotatable bonds is 4. The summed E-state index contributed by atoms with van der Waals surface area (Å²) in [4.78, 5) is 14.4. The van der Waals surface area contributed by atoms with E-state index in [1.165, 1.54) is 5.30 Å². The number of benzene rings is 2. The van der Waals surface area contributed by atoms with Crippen molar-refractivity contribution in [2.24, 2.45) is 0 Å². The molecule has 0 spiro atoms. The lowest BCUT2D eigenvalue weighted by atomic mass is 10.1. The van der Waals surface area contributed by atoms with Gasteiger partial charge < -0.3 is 14.7 Å². The average molecular weight is 371 g/mol. The molecule has 0 saturated carbocycles. The van der Waals surface area contributed by atoms with E-state index in [4.69, 9.17) is 4.74 Å². The van der Waals surface area contributed by atoms with Gasteiger partial charge in [0.1, 0.15) is 5.75 Å². The second-order valence-electron chi connectivity index (χ2n) is 7.60. The normalized spacial score (nSPS) is 20.6. The predicted molar refractivity (Wildman–Crippen MR) is 108 cm³/mol. The highest BCUT2D eigenvalue weighted by Gasteiger charge is 2.49. The van der Waals surface area contributed by atoms with E-state index in [0.717, 1.165) is 17.0 Å². The van der Waals surface area contributed by atoms with Crippen LogP contribution < -0.4 is 14.9 Å². The molecule has 0 amide bonds. The van der Waals surface area contributed by atoms with Crippen LogP contribution in [-0.2, 0) is 4.79 Å². The third kappa shape index (κ3) is 3.19. The third-order valence-electron chi connectivity index (χ3n) is 4.89. The molecule has 1 N–H and O–H groups in total. The zero-order valence-electron chi connectivity index (χ0n) is 15.9. The van der Waals surface area contributed by atoms with E-state index < -0.39 is 19.7 Å². The topological polar surface area (TPSA) is 49.8 Å². The molecule has 0 aliphatic carbocycles.